The molecule has 0 bridgehead atoms. The minimum absolute atomic E-state index is 0.0181. The molecule has 21 heavy (non-hydrogen) atoms. The van der Waals surface area contributed by atoms with Crippen molar-refractivity contribution in [2.45, 2.75) is 12.8 Å². The first-order valence-electron chi connectivity index (χ1n) is 5.97. The Balaban J connectivity index is 2.31. The van der Waals surface area contributed by atoms with E-state index in [0.717, 1.165) is 9.35 Å². The number of fused-ring (bicyclic) bond motifs is 1. The lowest BCUT2D eigenvalue weighted by atomic mass is 9.89. The van der Waals surface area contributed by atoms with E-state index in [1.165, 1.54) is 11.3 Å². The van der Waals surface area contributed by atoms with Crippen LogP contribution in [0, 0.1) is 18.3 Å². The first kappa shape index (κ1) is 13.9. The Hall–Kier alpha value is -2.04. The number of nitriles is 1. The van der Waals surface area contributed by atoms with Crippen LogP contribution in [0.3, 0.4) is 0 Å². The molecule has 1 aliphatic rings. The molecule has 0 spiro atoms. The highest BCUT2D eigenvalue weighted by atomic mass is 79.9. The summed E-state index contributed by atoms with van der Waals surface area (Å²) in [7, 11) is 0. The van der Waals surface area contributed by atoms with Crippen LogP contribution in [0.25, 0.3) is 0 Å². The quantitative estimate of drug-likeness (QED) is 0.839. The maximum atomic E-state index is 12.2. The molecule has 5 nitrogen and oxygen atoms in total. The van der Waals surface area contributed by atoms with Crippen LogP contribution in [0.4, 0.5) is 0 Å². The zero-order valence-electron chi connectivity index (χ0n) is 10.8. The van der Waals surface area contributed by atoms with Gasteiger partial charge in [0.2, 0.25) is 5.88 Å². The summed E-state index contributed by atoms with van der Waals surface area (Å²) in [5, 5.41) is 11.2. The maximum absolute atomic E-state index is 12.2. The number of nitrogens with two attached hydrogens (primary N) is 1. The van der Waals surface area contributed by atoms with E-state index in [4.69, 9.17) is 14.9 Å². The zero-order chi connectivity index (χ0) is 15.1. The molecule has 0 aromatic carbocycles. The van der Waals surface area contributed by atoms with E-state index in [-0.39, 0.29) is 11.5 Å². The van der Waals surface area contributed by atoms with Gasteiger partial charge in [-0.1, -0.05) is 0 Å². The van der Waals surface area contributed by atoms with Gasteiger partial charge in [0, 0.05) is 20.8 Å². The second kappa shape index (κ2) is 5.06. The fraction of sp³-hybridized carbons (Fsp3) is 0.143. The average Bonchev–Trinajstić information content (AvgIpc) is 2.83. The number of allylic oxidation sites excluding steroid dienone is 1. The molecule has 0 radical (unpaired) electrons. The van der Waals surface area contributed by atoms with Gasteiger partial charge >= 0.3 is 5.63 Å². The first-order valence-corrected chi connectivity index (χ1v) is 7.64. The molecule has 2 aromatic rings. The molecule has 0 amide bonds. The van der Waals surface area contributed by atoms with Crippen LogP contribution in [0.2, 0.25) is 0 Å². The number of halogens is 1. The molecule has 106 valence electrons. The number of aryl methyl sites for hydroxylation is 1. The van der Waals surface area contributed by atoms with Crippen molar-refractivity contribution in [1.29, 1.82) is 5.26 Å². The van der Waals surface area contributed by atoms with Crippen molar-refractivity contribution in [3.05, 3.63) is 60.1 Å². The lowest BCUT2D eigenvalue weighted by Gasteiger charge is -2.24. The van der Waals surface area contributed by atoms with E-state index in [0.29, 0.717) is 17.1 Å². The number of nitrogens with zero attached hydrogens (tertiary/aromatic N) is 1. The molecule has 3 rings (SSSR count). The second-order valence-electron chi connectivity index (χ2n) is 4.51. The zero-order valence-corrected chi connectivity index (χ0v) is 13.2. The largest absolute Gasteiger partial charge is 0.440 e. The Bertz CT molecular complexity index is 860. The van der Waals surface area contributed by atoms with Crippen LogP contribution in [-0.2, 0) is 0 Å². The Morgan fingerprint density at radius 1 is 1.48 bits per heavy atom. The van der Waals surface area contributed by atoms with E-state index in [1.54, 1.807) is 13.0 Å². The van der Waals surface area contributed by atoms with Gasteiger partial charge in [-0.2, -0.15) is 5.26 Å². The van der Waals surface area contributed by atoms with Crippen LogP contribution >= 0.6 is 27.3 Å². The van der Waals surface area contributed by atoms with Crippen molar-refractivity contribution in [2.24, 2.45) is 5.73 Å². The summed E-state index contributed by atoms with van der Waals surface area (Å²) in [5.41, 5.74) is 5.84. The number of hydrogen-bond acceptors (Lipinski definition) is 6. The van der Waals surface area contributed by atoms with Gasteiger partial charge in [-0.05, 0) is 28.9 Å². The van der Waals surface area contributed by atoms with Crippen LogP contribution in [0.5, 0.6) is 5.75 Å². The molecule has 0 fully saturated rings. The Morgan fingerprint density at radius 3 is 2.86 bits per heavy atom. The lowest BCUT2D eigenvalue weighted by molar-refractivity contribution is 0.372. The summed E-state index contributed by atoms with van der Waals surface area (Å²) in [6.07, 6.45) is 0. The molecule has 2 N–H and O–H groups in total. The second-order valence-corrected chi connectivity index (χ2v) is 6.37. The lowest BCUT2D eigenvalue weighted by Crippen LogP contribution is -2.25. The SMILES string of the molecule is Cc1cc2c(c(=O)o1)C(c1cc(Br)cs1)C(C#N)=C(N)O2. The Kier molecular flexibility index (Phi) is 3.35. The maximum Gasteiger partial charge on any atom is 0.343 e. The van der Waals surface area contributed by atoms with Gasteiger partial charge in [-0.25, -0.2) is 4.79 Å². The molecule has 7 heteroatoms. The first-order chi connectivity index (χ1) is 10.0. The van der Waals surface area contributed by atoms with Gasteiger partial charge in [-0.15, -0.1) is 11.3 Å². The van der Waals surface area contributed by atoms with Gasteiger partial charge in [0.25, 0.3) is 0 Å². The van der Waals surface area contributed by atoms with Crippen molar-refractivity contribution >= 4 is 27.3 Å². The summed E-state index contributed by atoms with van der Waals surface area (Å²) in [5.74, 6) is 0.226. The summed E-state index contributed by atoms with van der Waals surface area (Å²) >= 11 is 4.80. The van der Waals surface area contributed by atoms with Gasteiger partial charge in [0.15, 0.2) is 0 Å². The molecule has 0 saturated heterocycles. The van der Waals surface area contributed by atoms with E-state index in [1.807, 2.05) is 17.5 Å². The molecule has 2 aromatic heterocycles. The molecular weight excluding hydrogens is 356 g/mol. The van der Waals surface area contributed by atoms with E-state index < -0.39 is 11.5 Å². The van der Waals surface area contributed by atoms with Crippen molar-refractivity contribution in [1.82, 2.24) is 0 Å². The third-order valence-electron chi connectivity index (χ3n) is 3.13. The van der Waals surface area contributed by atoms with Gasteiger partial charge in [0.1, 0.15) is 23.2 Å². The summed E-state index contributed by atoms with van der Waals surface area (Å²) < 4.78 is 11.4. The van der Waals surface area contributed by atoms with Gasteiger partial charge in [0.05, 0.1) is 11.5 Å². The predicted molar refractivity (Wildman–Crippen MR) is 81.0 cm³/mol. The normalized spacial score (nSPS) is 17.1. The fourth-order valence-electron chi connectivity index (χ4n) is 2.28. The van der Waals surface area contributed by atoms with Gasteiger partial charge < -0.3 is 14.9 Å². The minimum Gasteiger partial charge on any atom is -0.440 e. The number of ether oxygens (including phenoxy) is 1. The molecule has 3 heterocycles. The third-order valence-corrected chi connectivity index (χ3v) is 4.89. The van der Waals surface area contributed by atoms with Crippen LogP contribution < -0.4 is 16.1 Å². The highest BCUT2D eigenvalue weighted by molar-refractivity contribution is 9.10. The van der Waals surface area contributed by atoms with Gasteiger partial charge in [-0.3, -0.25) is 0 Å². The number of hydrogen-bond donors (Lipinski definition) is 1. The van der Waals surface area contributed by atoms with Crippen molar-refractivity contribution in [3.63, 3.8) is 0 Å². The molecule has 1 atom stereocenters. The minimum atomic E-state index is -0.563. The van der Waals surface area contributed by atoms with Crippen LogP contribution in [-0.4, -0.2) is 0 Å². The molecule has 1 unspecified atom stereocenters. The van der Waals surface area contributed by atoms with Crippen LogP contribution in [0.15, 0.2) is 42.7 Å². The van der Waals surface area contributed by atoms with E-state index in [2.05, 4.69) is 15.9 Å². The van der Waals surface area contributed by atoms with Crippen LogP contribution in [0.1, 0.15) is 22.1 Å². The van der Waals surface area contributed by atoms with E-state index >= 15 is 0 Å². The monoisotopic (exact) mass is 364 g/mol. The highest BCUT2D eigenvalue weighted by Crippen LogP contribution is 2.43. The average molecular weight is 365 g/mol. The van der Waals surface area contributed by atoms with Crippen molar-refractivity contribution < 1.29 is 9.15 Å². The number of thiophene rings is 1. The summed E-state index contributed by atoms with van der Waals surface area (Å²) in [6, 6.07) is 5.49. The Labute approximate surface area is 132 Å². The number of rotatable bonds is 1. The Morgan fingerprint density at radius 2 is 2.24 bits per heavy atom. The standard InChI is InChI=1S/C14H9BrN2O3S/c1-6-2-9-12(14(18)19-6)11(8(4-16)13(17)20-9)10-3-7(15)5-21-10/h2-3,5,11H,17H2,1H3. The summed E-state index contributed by atoms with van der Waals surface area (Å²) in [4.78, 5) is 13.0. The summed E-state index contributed by atoms with van der Waals surface area (Å²) in [6.45, 7) is 1.65. The topological polar surface area (TPSA) is 89.2 Å². The third kappa shape index (κ3) is 2.26. The highest BCUT2D eigenvalue weighted by Gasteiger charge is 2.35. The smallest absolute Gasteiger partial charge is 0.343 e. The predicted octanol–water partition coefficient (Wildman–Crippen LogP) is 2.99. The molecule has 1 aliphatic heterocycles. The molecule has 0 aliphatic carbocycles. The van der Waals surface area contributed by atoms with Crippen molar-refractivity contribution in [2.75, 3.05) is 0 Å². The van der Waals surface area contributed by atoms with E-state index in [9.17, 15) is 10.1 Å². The molecular formula is C14H9BrN2O3S. The molecule has 0 saturated carbocycles. The fourth-order valence-corrected chi connectivity index (χ4v) is 3.84. The van der Waals surface area contributed by atoms with Crippen molar-refractivity contribution in [3.8, 4) is 11.8 Å².